The van der Waals surface area contributed by atoms with E-state index in [0.717, 1.165) is 82.7 Å². The Labute approximate surface area is 860 Å². The lowest BCUT2D eigenvalue weighted by Crippen LogP contribution is -2.20. The first-order valence-corrected chi connectivity index (χ1v) is 48.0. The molecule has 0 aliphatic heterocycles. The summed E-state index contributed by atoms with van der Waals surface area (Å²) in [4.78, 5) is 79.9. The van der Waals surface area contributed by atoms with Gasteiger partial charge in [0, 0.05) is 147 Å². The van der Waals surface area contributed by atoms with Crippen LogP contribution in [0.2, 0.25) is 0 Å². The molecule has 0 saturated heterocycles. The number of hydrogen-bond acceptors (Lipinski definition) is 15. The molecular formula is C114H137I4NO16. The van der Waals surface area contributed by atoms with Gasteiger partial charge in [0.1, 0.15) is 62.0 Å². The highest BCUT2D eigenvalue weighted by molar-refractivity contribution is 14.1. The smallest absolute Gasteiger partial charge is 0.307 e. The van der Waals surface area contributed by atoms with E-state index in [1.807, 2.05) is 292 Å². The zero-order valence-electron chi connectivity index (χ0n) is 81.4. The Balaban J connectivity index is -0.00000146. The normalized spacial score (nSPS) is 9.86. The van der Waals surface area contributed by atoms with Crippen LogP contribution < -0.4 is 5.32 Å². The molecule has 0 aliphatic rings. The maximum atomic E-state index is 11.9. The fourth-order valence-corrected chi connectivity index (χ4v) is 12.3. The number of hydrogen-bond donors (Lipinski definition) is 10. The van der Waals surface area contributed by atoms with Crippen LogP contribution in [0.25, 0.3) is 0 Å². The van der Waals surface area contributed by atoms with E-state index in [1.165, 1.54) is 25.2 Å². The summed E-state index contributed by atoms with van der Waals surface area (Å²) in [5.41, 5.74) is 10.2. The third kappa shape index (κ3) is 65.5. The SMILES string of the molecule is C#CCNC(C)=O.C#CCO.CC(C)(C)C(=O)CCC#Cc1ccccc1C#CCO.CC(C)(C)C(=O)CCC#Cc1ccccc1C#CCO.CC(C)(C)C(=O)CCc1ccccc1CC(=O)O.CC(C)(C)C(=O)CCc1ccccc1CCO.CC(C)(C)C(=O)CCc1ccccc1CCO.CO.Ic1ccccc1I.OCC#Cc1ccccc1I.OCC#Cc1ccccc1I. The molecule has 0 unspecified atom stereocenters. The number of nitrogens with one attached hydrogen (secondary N) is 1. The van der Waals surface area contributed by atoms with Gasteiger partial charge in [0.15, 0.2) is 0 Å². The second-order valence-corrected chi connectivity index (χ2v) is 38.7. The summed E-state index contributed by atoms with van der Waals surface area (Å²) in [6, 6.07) is 62.5. The Kier molecular flexibility index (Phi) is 73.0. The first-order valence-electron chi connectivity index (χ1n) is 43.7. The number of carbonyl (C=O) groups excluding carboxylic acids is 6. The van der Waals surface area contributed by atoms with Crippen LogP contribution in [0.1, 0.15) is 222 Å². The Bertz CT molecular complexity index is 5130. The number of rotatable bonds is 20. The number of ketones is 5. The lowest BCUT2D eigenvalue weighted by atomic mass is 9.87. The minimum Gasteiger partial charge on any atom is -0.481 e. The van der Waals surface area contributed by atoms with Crippen molar-refractivity contribution in [2.45, 2.75) is 194 Å². The van der Waals surface area contributed by atoms with Gasteiger partial charge in [-0.3, -0.25) is 33.6 Å². The summed E-state index contributed by atoms with van der Waals surface area (Å²) in [5.74, 6) is 38.6. The summed E-state index contributed by atoms with van der Waals surface area (Å²) in [6.07, 6.45) is 16.5. The van der Waals surface area contributed by atoms with Crippen molar-refractivity contribution in [1.29, 1.82) is 0 Å². The van der Waals surface area contributed by atoms with E-state index >= 15 is 0 Å². The molecule has 10 N–H and O–H groups in total. The summed E-state index contributed by atoms with van der Waals surface area (Å²) >= 11 is 9.07. The van der Waals surface area contributed by atoms with Crippen molar-refractivity contribution in [3.63, 3.8) is 0 Å². The molecule has 0 aliphatic carbocycles. The number of carboxylic acid groups (broad SMARTS) is 1. The van der Waals surface area contributed by atoms with Crippen molar-refractivity contribution >= 4 is 131 Å². The van der Waals surface area contributed by atoms with Crippen molar-refractivity contribution < 1.29 is 79.5 Å². The number of aliphatic carboxylic acids is 1. The summed E-state index contributed by atoms with van der Waals surface area (Å²) in [7, 11) is 1.00. The van der Waals surface area contributed by atoms with E-state index in [1.54, 1.807) is 0 Å². The highest BCUT2D eigenvalue weighted by Gasteiger charge is 2.25. The van der Waals surface area contributed by atoms with Gasteiger partial charge in [0.2, 0.25) is 5.91 Å². The molecule has 0 heterocycles. The molecule has 0 aromatic heterocycles. The first-order chi connectivity index (χ1) is 63.8. The number of carbonyl (C=O) groups is 7. The molecule has 0 saturated carbocycles. The van der Waals surface area contributed by atoms with Gasteiger partial charge in [-0.25, -0.2) is 0 Å². The molecule has 0 fully saturated rings. The summed E-state index contributed by atoms with van der Waals surface area (Å²) in [5, 5.41) is 78.2. The zero-order chi connectivity index (χ0) is 103. The van der Waals surface area contributed by atoms with Gasteiger partial charge < -0.3 is 51.3 Å². The Hall–Kier alpha value is -9.87. The lowest BCUT2D eigenvalue weighted by Gasteiger charge is -2.17. The highest BCUT2D eigenvalue weighted by atomic mass is 127. The minimum absolute atomic E-state index is 0.0138. The maximum Gasteiger partial charge on any atom is 0.307 e. The van der Waals surface area contributed by atoms with Crippen LogP contribution in [0.5, 0.6) is 0 Å². The molecule has 1 amide bonds. The number of Topliss-reactive ketones (excluding diaryl/α,β-unsaturated/α-hetero) is 5. The van der Waals surface area contributed by atoms with E-state index in [2.05, 4.69) is 191 Å². The van der Waals surface area contributed by atoms with Gasteiger partial charge in [-0.15, -0.1) is 12.8 Å². The number of benzene rings is 8. The van der Waals surface area contributed by atoms with Crippen LogP contribution in [0.15, 0.2) is 194 Å². The predicted molar refractivity (Wildman–Crippen MR) is 582 cm³/mol. The van der Waals surface area contributed by atoms with Gasteiger partial charge in [-0.05, 0) is 217 Å². The second kappa shape index (κ2) is 76.2. The molecule has 0 atom stereocenters. The number of carboxylic acids is 1. The van der Waals surface area contributed by atoms with Gasteiger partial charge in [-0.2, -0.15) is 0 Å². The van der Waals surface area contributed by atoms with E-state index < -0.39 is 5.97 Å². The average Bonchev–Trinajstić information content (AvgIpc) is 0.876. The molecule has 8 rings (SSSR count). The summed E-state index contributed by atoms with van der Waals surface area (Å²) < 4.78 is 4.88. The highest BCUT2D eigenvalue weighted by Crippen LogP contribution is 2.25. The molecule has 21 heteroatoms. The fraction of sp³-hybridized carbons (Fsp3) is 0.377. The third-order valence-corrected chi connectivity index (χ3v) is 22.9. The van der Waals surface area contributed by atoms with Crippen LogP contribution in [0.4, 0.5) is 0 Å². The first kappa shape index (κ1) is 129. The van der Waals surface area contributed by atoms with E-state index in [-0.39, 0.29) is 115 Å². The number of aryl methyl sites for hydroxylation is 3. The number of amides is 1. The van der Waals surface area contributed by atoms with Crippen molar-refractivity contribution in [3.8, 4) is 95.7 Å². The second-order valence-electron chi connectivity index (χ2n) is 34.1. The molecule has 722 valence electrons. The van der Waals surface area contributed by atoms with Crippen molar-refractivity contribution in [2.24, 2.45) is 27.1 Å². The predicted octanol–water partition coefficient (Wildman–Crippen LogP) is 19.1. The molecule has 8 aromatic carbocycles. The number of aliphatic hydroxyl groups excluding tert-OH is 8. The number of aliphatic hydroxyl groups is 8. The zero-order valence-corrected chi connectivity index (χ0v) is 90.0. The maximum absolute atomic E-state index is 11.9. The van der Waals surface area contributed by atoms with Gasteiger partial charge in [0.05, 0.1) is 13.0 Å². The standard InChI is InChI=1S/2C18H20O2.C15H20O3.2C15H22O2.2C9H7IO.C6H4I2.C5H7NO.C3H4O.CH4O/c2*1-18(2,3)17(20)13-7-6-11-15-9-4-5-10-16(15)12-8-14-19;1-15(2,3)13(16)9-8-11-6-4-5-7-12(11)10-14(17)18;2*1-15(2,3)14(17)9-8-12-6-4-5-7-13(12)10-11-16;2*10-9-6-2-1-4-8(9)5-3-7-11;7-5-3-1-2-4-6(5)8;1-3-4-6-5(2)7;1-2-3-4;1-2/h2*4-5,9-10,19H,7,13-14H2,1-3H3;4-7H,8-10H2,1-3H3,(H,17,18);2*4-7,16H,8-11H2,1-3H3;2*1-2,4,6,11H,7H2;1-4H;1H,4H2,2H3,(H,6,7);1,4H,3H2;2H,1H3. The van der Waals surface area contributed by atoms with E-state index in [4.69, 9.17) is 52.4 Å². The fourth-order valence-electron chi connectivity index (χ4n) is 10.4. The minimum atomic E-state index is -0.843. The quantitative estimate of drug-likeness (QED) is 0.0250. The van der Waals surface area contributed by atoms with E-state index in [0.29, 0.717) is 70.8 Å². The van der Waals surface area contributed by atoms with Gasteiger partial charge in [-0.1, -0.05) is 320 Å². The number of halogens is 4. The Morgan fingerprint density at radius 2 is 0.511 bits per heavy atom. The Morgan fingerprint density at radius 3 is 0.726 bits per heavy atom. The van der Waals surface area contributed by atoms with Crippen molar-refractivity contribution in [2.75, 3.05) is 59.9 Å². The molecule has 8 aromatic rings. The van der Waals surface area contributed by atoms with Crippen LogP contribution in [-0.4, -0.2) is 147 Å². The molecule has 135 heavy (non-hydrogen) atoms. The monoisotopic (exact) mass is 2280 g/mol. The average molecular weight is 2280 g/mol. The van der Waals surface area contributed by atoms with Gasteiger partial charge >= 0.3 is 5.97 Å². The van der Waals surface area contributed by atoms with Gasteiger partial charge in [0.25, 0.3) is 0 Å². The van der Waals surface area contributed by atoms with Crippen LogP contribution >= 0.6 is 90.4 Å². The molecular weight excluding hydrogens is 2150 g/mol. The molecule has 0 bridgehead atoms. The largest absolute Gasteiger partial charge is 0.481 e. The van der Waals surface area contributed by atoms with Crippen LogP contribution in [-0.2, 0) is 72.1 Å². The lowest BCUT2D eigenvalue weighted by molar-refractivity contribution is -0.136. The third-order valence-electron chi connectivity index (χ3n) is 18.1. The Morgan fingerprint density at radius 1 is 0.296 bits per heavy atom. The van der Waals surface area contributed by atoms with Crippen molar-refractivity contribution in [3.05, 3.63) is 275 Å². The molecule has 0 radical (unpaired) electrons. The summed E-state index contributed by atoms with van der Waals surface area (Å²) in [6.45, 7) is 30.4. The van der Waals surface area contributed by atoms with E-state index in [9.17, 15) is 33.6 Å². The molecule has 17 nitrogen and oxygen atoms in total. The van der Waals surface area contributed by atoms with Crippen LogP contribution in [0, 0.1) is 137 Å². The topological polar surface area (TPSA) is 314 Å². The van der Waals surface area contributed by atoms with Crippen molar-refractivity contribution in [1.82, 2.24) is 5.32 Å². The number of terminal acetylenes is 2. The van der Waals surface area contributed by atoms with Crippen LogP contribution in [0.3, 0.4) is 0 Å². The molecule has 0 spiro atoms.